The fourth-order valence-corrected chi connectivity index (χ4v) is 18.3. The van der Waals surface area contributed by atoms with E-state index in [1.165, 1.54) is 33.6 Å². The van der Waals surface area contributed by atoms with E-state index >= 15 is 0 Å². The van der Waals surface area contributed by atoms with Crippen molar-refractivity contribution >= 4 is 32.5 Å². The standard InChI is InChI=1S/C22H33N2Si.C22H30N2Si.2Li/c2*1-22(2,3)23-25(6,17-12-8-7-9-13-17)21-16-20(24(4)5)18-14-10-11-15-19(18)21;;/h7-15,18-21H,16H2,1-6H3;7-16,21,23H,1-6H3;;/q-1;;2*+1. The Hall–Kier alpha value is -1.81. The monoisotopic (exact) mass is 717 g/mol. The summed E-state index contributed by atoms with van der Waals surface area (Å²) >= 11 is 0. The minimum absolute atomic E-state index is 0. The molecule has 3 aromatic carbocycles. The van der Waals surface area contributed by atoms with Gasteiger partial charge in [-0.3, -0.25) is 0 Å². The molecule has 7 unspecified atom stereocenters. The van der Waals surface area contributed by atoms with Gasteiger partial charge >= 0.3 is 37.7 Å². The maximum atomic E-state index is 5.54. The minimum Gasteiger partial charge on any atom is -0.656 e. The zero-order valence-electron chi connectivity index (χ0n) is 34.9. The molecule has 6 rings (SSSR count). The Morgan fingerprint density at radius 1 is 0.692 bits per heavy atom. The van der Waals surface area contributed by atoms with Crippen molar-refractivity contribution in [1.82, 2.24) is 14.8 Å². The van der Waals surface area contributed by atoms with Crippen LogP contribution in [0.15, 0.2) is 115 Å². The molecular formula is C44H63Li2N4Si2+. The van der Waals surface area contributed by atoms with Crippen LogP contribution in [0.2, 0.25) is 18.6 Å². The third-order valence-corrected chi connectivity index (χ3v) is 20.2. The van der Waals surface area contributed by atoms with Crippen LogP contribution in [0.3, 0.4) is 0 Å². The number of benzene rings is 3. The average molecular weight is 718 g/mol. The SMILES string of the molecule is CN(C)C1=CC([Si](C)(NC(C)(C)C)c2ccccc2)c2ccccc21.CN(C)C1CC([Si](C)([N-]C(C)(C)C)c2ccccc2)C2C=CC=CC21.[Li+].[Li+]. The number of nitrogens with one attached hydrogen (secondary N) is 1. The van der Waals surface area contributed by atoms with Crippen LogP contribution in [-0.4, -0.2) is 71.6 Å². The Labute approximate surface area is 343 Å². The van der Waals surface area contributed by atoms with Gasteiger partial charge in [-0.25, -0.2) is 0 Å². The number of allylic oxidation sites excluding steroid dienone is 4. The summed E-state index contributed by atoms with van der Waals surface area (Å²) in [5, 5.41) is 2.94. The van der Waals surface area contributed by atoms with Gasteiger partial charge in [0, 0.05) is 42.5 Å². The number of rotatable bonds is 8. The number of hydrogen-bond donors (Lipinski definition) is 1. The molecule has 0 aromatic heterocycles. The van der Waals surface area contributed by atoms with E-state index in [4.69, 9.17) is 4.98 Å². The Balaban J connectivity index is 0.000000270. The van der Waals surface area contributed by atoms with Gasteiger partial charge in [0.25, 0.3) is 0 Å². The van der Waals surface area contributed by atoms with Crippen LogP contribution in [0, 0.1) is 11.8 Å². The molecule has 52 heavy (non-hydrogen) atoms. The minimum atomic E-state index is -2.02. The van der Waals surface area contributed by atoms with Gasteiger partial charge in [0.2, 0.25) is 0 Å². The topological polar surface area (TPSA) is 32.6 Å². The van der Waals surface area contributed by atoms with Crippen molar-refractivity contribution in [2.24, 2.45) is 11.8 Å². The molecule has 1 saturated carbocycles. The van der Waals surface area contributed by atoms with Crippen LogP contribution in [0.25, 0.3) is 10.7 Å². The molecular weight excluding hydrogens is 655 g/mol. The van der Waals surface area contributed by atoms with Crippen molar-refractivity contribution in [2.75, 3.05) is 28.2 Å². The van der Waals surface area contributed by atoms with Crippen LogP contribution in [0.4, 0.5) is 0 Å². The maximum absolute atomic E-state index is 5.54. The van der Waals surface area contributed by atoms with Gasteiger partial charge < -0.3 is 19.8 Å². The van der Waals surface area contributed by atoms with Crippen molar-refractivity contribution in [3.05, 3.63) is 131 Å². The molecule has 0 spiro atoms. The molecule has 3 aliphatic rings. The molecule has 1 fully saturated rings. The quantitative estimate of drug-likeness (QED) is 0.365. The molecule has 268 valence electrons. The normalized spacial score (nSPS) is 24.2. The third kappa shape index (κ3) is 9.89. The Morgan fingerprint density at radius 2 is 1.21 bits per heavy atom. The first-order valence-electron chi connectivity index (χ1n) is 18.6. The maximum Gasteiger partial charge on any atom is 1.00 e. The predicted octanol–water partition coefficient (Wildman–Crippen LogP) is 2.81. The van der Waals surface area contributed by atoms with Crippen LogP contribution in [0.1, 0.15) is 64.6 Å². The number of hydrogen-bond acceptors (Lipinski definition) is 3. The van der Waals surface area contributed by atoms with Gasteiger partial charge in [-0.2, -0.15) is 0 Å². The average Bonchev–Trinajstić information content (AvgIpc) is 3.65. The second kappa shape index (κ2) is 17.8. The molecule has 0 heterocycles. The molecule has 1 N–H and O–H groups in total. The zero-order chi connectivity index (χ0) is 36.5. The first-order valence-corrected chi connectivity index (χ1v) is 23.7. The Bertz CT molecular complexity index is 1680. The van der Waals surface area contributed by atoms with E-state index in [2.05, 4.69) is 213 Å². The van der Waals surface area contributed by atoms with E-state index in [0.717, 1.165) is 0 Å². The van der Waals surface area contributed by atoms with Gasteiger partial charge in [0.1, 0.15) is 0 Å². The Morgan fingerprint density at radius 3 is 1.73 bits per heavy atom. The molecule has 3 aromatic rings. The molecule has 4 nitrogen and oxygen atoms in total. The van der Waals surface area contributed by atoms with Crippen molar-refractivity contribution in [1.29, 1.82) is 0 Å². The molecule has 3 aliphatic carbocycles. The fraction of sp³-hybridized carbons (Fsp3) is 0.455. The summed E-state index contributed by atoms with van der Waals surface area (Å²) in [4.78, 5) is 14.3. The zero-order valence-corrected chi connectivity index (χ0v) is 36.9. The molecule has 0 aliphatic heterocycles. The molecule has 0 amide bonds. The van der Waals surface area contributed by atoms with E-state index in [1.807, 2.05) is 0 Å². The van der Waals surface area contributed by atoms with Crippen LogP contribution in [-0.2, 0) is 0 Å². The molecule has 0 saturated heterocycles. The summed E-state index contributed by atoms with van der Waals surface area (Å²) in [6.45, 7) is 18.6. The second-order valence-corrected chi connectivity index (χ2v) is 25.2. The summed E-state index contributed by atoms with van der Waals surface area (Å²) in [5.74, 6) is 1.23. The van der Waals surface area contributed by atoms with Crippen LogP contribution < -0.4 is 53.1 Å². The summed E-state index contributed by atoms with van der Waals surface area (Å²) in [7, 11) is 4.72. The smallest absolute Gasteiger partial charge is 0.656 e. The van der Waals surface area contributed by atoms with E-state index in [0.29, 0.717) is 29.0 Å². The second-order valence-electron chi connectivity index (χ2n) is 17.5. The number of nitrogens with zero attached hydrogens (tertiary/aromatic N) is 3. The Kier molecular flexibility index (Phi) is 15.2. The summed E-state index contributed by atoms with van der Waals surface area (Å²) < 4.78 is 0. The van der Waals surface area contributed by atoms with Crippen LogP contribution >= 0.6 is 0 Å². The summed E-state index contributed by atoms with van der Waals surface area (Å²) in [5.41, 5.74) is 5.31. The van der Waals surface area contributed by atoms with E-state index in [9.17, 15) is 0 Å². The first kappa shape index (κ1) is 44.6. The fourth-order valence-electron chi connectivity index (χ4n) is 9.10. The van der Waals surface area contributed by atoms with Crippen LogP contribution in [0.5, 0.6) is 0 Å². The van der Waals surface area contributed by atoms with Crippen molar-refractivity contribution < 1.29 is 37.7 Å². The van der Waals surface area contributed by atoms with Gasteiger partial charge in [-0.15, -0.1) is 5.54 Å². The molecule has 7 atom stereocenters. The van der Waals surface area contributed by atoms with Gasteiger partial charge in [0.05, 0.1) is 0 Å². The van der Waals surface area contributed by atoms with Crippen molar-refractivity contribution in [3.63, 3.8) is 0 Å². The van der Waals surface area contributed by atoms with E-state index in [-0.39, 0.29) is 48.8 Å². The first-order chi connectivity index (χ1) is 23.4. The molecule has 0 radical (unpaired) electrons. The predicted molar refractivity (Wildman–Crippen MR) is 223 cm³/mol. The number of fused-ring (bicyclic) bond motifs is 2. The van der Waals surface area contributed by atoms with Crippen molar-refractivity contribution in [3.8, 4) is 0 Å². The van der Waals surface area contributed by atoms with Crippen molar-refractivity contribution in [2.45, 2.75) is 89.3 Å². The molecule has 0 bridgehead atoms. The largest absolute Gasteiger partial charge is 1.00 e. The summed E-state index contributed by atoms with van der Waals surface area (Å²) in [6, 6.07) is 31.7. The van der Waals surface area contributed by atoms with Gasteiger partial charge in [-0.1, -0.05) is 160 Å². The summed E-state index contributed by atoms with van der Waals surface area (Å²) in [6.07, 6.45) is 13.1. The molecule has 8 heteroatoms. The van der Waals surface area contributed by atoms with Gasteiger partial charge in [0.15, 0.2) is 8.24 Å². The van der Waals surface area contributed by atoms with E-state index < -0.39 is 16.5 Å². The van der Waals surface area contributed by atoms with E-state index in [1.54, 1.807) is 0 Å². The van der Waals surface area contributed by atoms with Gasteiger partial charge in [-0.05, 0) is 72.1 Å². The third-order valence-electron chi connectivity index (χ3n) is 10.9.